The first-order valence-electron chi connectivity index (χ1n) is 10.3. The van der Waals surface area contributed by atoms with Crippen LogP contribution in [0.2, 0.25) is 5.02 Å². The van der Waals surface area contributed by atoms with E-state index in [9.17, 15) is 19.5 Å². The zero-order valence-electron chi connectivity index (χ0n) is 18.5. The summed E-state index contributed by atoms with van der Waals surface area (Å²) >= 11 is 5.96. The van der Waals surface area contributed by atoms with E-state index in [1.807, 2.05) is 0 Å². The van der Waals surface area contributed by atoms with Crippen molar-refractivity contribution in [2.45, 2.75) is 26.2 Å². The van der Waals surface area contributed by atoms with Gasteiger partial charge in [-0.05, 0) is 68.3 Å². The van der Waals surface area contributed by atoms with Gasteiger partial charge in [-0.1, -0.05) is 17.7 Å². The summed E-state index contributed by atoms with van der Waals surface area (Å²) in [4.78, 5) is 37.3. The van der Waals surface area contributed by atoms with E-state index >= 15 is 0 Å². The molecule has 33 heavy (non-hydrogen) atoms. The summed E-state index contributed by atoms with van der Waals surface area (Å²) in [5.41, 5.74) is 1.93. The van der Waals surface area contributed by atoms with Crippen LogP contribution in [0, 0.1) is 6.92 Å². The van der Waals surface area contributed by atoms with Crippen molar-refractivity contribution in [1.29, 1.82) is 0 Å². The van der Waals surface area contributed by atoms with Gasteiger partial charge in [0.25, 0.3) is 5.91 Å². The van der Waals surface area contributed by atoms with Crippen LogP contribution in [0.3, 0.4) is 0 Å². The Morgan fingerprint density at radius 1 is 1.15 bits per heavy atom. The average Bonchev–Trinajstić information content (AvgIpc) is 3.07. The molecule has 1 heterocycles. The molecule has 0 saturated heterocycles. The highest BCUT2D eigenvalue weighted by Gasteiger charge is 2.30. The lowest BCUT2D eigenvalue weighted by molar-refractivity contribution is -0.142. The highest BCUT2D eigenvalue weighted by atomic mass is 35.5. The van der Waals surface area contributed by atoms with E-state index in [2.05, 4.69) is 0 Å². The molecule has 3 aromatic rings. The molecule has 2 aromatic carbocycles. The fourth-order valence-electron chi connectivity index (χ4n) is 3.82. The Morgan fingerprint density at radius 3 is 2.45 bits per heavy atom. The summed E-state index contributed by atoms with van der Waals surface area (Å²) in [5.74, 6) is -2.41. The van der Waals surface area contributed by atoms with Crippen LogP contribution in [-0.4, -0.2) is 41.2 Å². The molecule has 0 amide bonds. The first-order chi connectivity index (χ1) is 15.8. The normalized spacial score (nSPS) is 12.1. The predicted octanol–water partition coefficient (Wildman–Crippen LogP) is 4.98. The van der Waals surface area contributed by atoms with E-state index < -0.39 is 17.9 Å². The number of carbonyl (C=O) groups is 3. The maximum atomic E-state index is 13.4. The lowest BCUT2D eigenvalue weighted by Gasteiger charge is -2.14. The van der Waals surface area contributed by atoms with Gasteiger partial charge in [-0.25, -0.2) is 4.79 Å². The first-order valence-corrected chi connectivity index (χ1v) is 10.7. The Kier molecular flexibility index (Phi) is 7.55. The molecular weight excluding hydrogens is 446 g/mol. The second kappa shape index (κ2) is 10.4. The number of aliphatic carboxylic acids is 1. The van der Waals surface area contributed by atoms with Crippen molar-refractivity contribution < 1.29 is 29.0 Å². The molecule has 0 aliphatic heterocycles. The fourth-order valence-corrected chi connectivity index (χ4v) is 3.95. The van der Waals surface area contributed by atoms with Crippen LogP contribution < -0.4 is 4.74 Å². The van der Waals surface area contributed by atoms with E-state index in [-0.39, 0.29) is 18.9 Å². The number of halogens is 1. The lowest BCUT2D eigenvalue weighted by Crippen LogP contribution is -2.18. The number of aromatic nitrogens is 1. The Morgan fingerprint density at radius 2 is 1.85 bits per heavy atom. The molecule has 0 aliphatic rings. The Bertz CT molecular complexity index is 1230. The molecular formula is C25H24ClNO6. The molecule has 1 atom stereocenters. The molecule has 0 fully saturated rings. The third kappa shape index (κ3) is 5.09. The van der Waals surface area contributed by atoms with Gasteiger partial charge >= 0.3 is 11.9 Å². The van der Waals surface area contributed by atoms with Crippen molar-refractivity contribution in [3.05, 3.63) is 76.5 Å². The molecule has 172 valence electrons. The molecule has 0 aliphatic carbocycles. The van der Waals surface area contributed by atoms with E-state index in [1.165, 1.54) is 17.8 Å². The van der Waals surface area contributed by atoms with Gasteiger partial charge in [0.2, 0.25) is 0 Å². The minimum Gasteiger partial charge on any atom is -0.497 e. The van der Waals surface area contributed by atoms with Gasteiger partial charge < -0.3 is 14.6 Å². The number of fused-ring (bicyclic) bond motifs is 1. The SMILES string of the molecule is C/C=C/C(=O)OCCC(C(=O)O)c1c(C)n(C(=O)c2ccc(Cl)cc2)c2ccc(OC)cc12. The summed E-state index contributed by atoms with van der Waals surface area (Å²) in [7, 11) is 1.51. The van der Waals surface area contributed by atoms with Gasteiger partial charge in [0.05, 0.1) is 25.2 Å². The topological polar surface area (TPSA) is 94.8 Å². The van der Waals surface area contributed by atoms with Crippen molar-refractivity contribution in [2.24, 2.45) is 0 Å². The van der Waals surface area contributed by atoms with E-state index in [0.717, 1.165) is 0 Å². The molecule has 0 saturated carbocycles. The quantitative estimate of drug-likeness (QED) is 0.369. The van der Waals surface area contributed by atoms with Gasteiger partial charge in [0.15, 0.2) is 0 Å². The van der Waals surface area contributed by atoms with Gasteiger partial charge in [-0.15, -0.1) is 0 Å². The number of carboxylic acid groups (broad SMARTS) is 1. The number of allylic oxidation sites excluding steroid dienone is 1. The summed E-state index contributed by atoms with van der Waals surface area (Å²) in [6.45, 7) is 3.31. The number of rotatable bonds is 8. The molecule has 0 radical (unpaired) electrons. The number of nitrogens with zero attached hydrogens (tertiary/aromatic N) is 1. The van der Waals surface area contributed by atoms with Gasteiger partial charge in [0, 0.05) is 27.7 Å². The van der Waals surface area contributed by atoms with Crippen molar-refractivity contribution in [2.75, 3.05) is 13.7 Å². The molecule has 3 rings (SSSR count). The van der Waals surface area contributed by atoms with Crippen molar-refractivity contribution in [1.82, 2.24) is 4.57 Å². The summed E-state index contributed by atoms with van der Waals surface area (Å²) in [5, 5.41) is 11.1. The summed E-state index contributed by atoms with van der Waals surface area (Å²) in [6, 6.07) is 11.6. The van der Waals surface area contributed by atoms with Crippen LogP contribution in [-0.2, 0) is 14.3 Å². The molecule has 8 heteroatoms. The maximum absolute atomic E-state index is 13.4. The van der Waals surface area contributed by atoms with Crippen LogP contribution in [0.25, 0.3) is 10.9 Å². The maximum Gasteiger partial charge on any atom is 0.330 e. The molecule has 1 unspecified atom stereocenters. The third-order valence-electron chi connectivity index (χ3n) is 5.35. The predicted molar refractivity (Wildman–Crippen MR) is 125 cm³/mol. The smallest absolute Gasteiger partial charge is 0.330 e. The molecule has 7 nitrogen and oxygen atoms in total. The Labute approximate surface area is 196 Å². The molecule has 0 bridgehead atoms. The first kappa shape index (κ1) is 24.1. The highest BCUT2D eigenvalue weighted by molar-refractivity contribution is 6.30. The van der Waals surface area contributed by atoms with Gasteiger partial charge in [-0.3, -0.25) is 14.2 Å². The summed E-state index contributed by atoms with van der Waals surface area (Å²) < 4.78 is 11.9. The van der Waals surface area contributed by atoms with Crippen molar-refractivity contribution >= 4 is 40.3 Å². The van der Waals surface area contributed by atoms with E-state index in [4.69, 9.17) is 21.1 Å². The second-order valence-corrected chi connectivity index (χ2v) is 7.81. The second-order valence-electron chi connectivity index (χ2n) is 7.38. The standard InChI is InChI=1S/C25H24ClNO6/c1-4-5-22(28)33-13-12-19(25(30)31)23-15(2)27(21-11-10-18(32-3)14-20(21)23)24(29)16-6-8-17(26)9-7-16/h4-11,14,19H,12-13H2,1-3H3,(H,30,31)/b5-4+. The number of benzene rings is 2. The average molecular weight is 470 g/mol. The molecule has 1 N–H and O–H groups in total. The van der Waals surface area contributed by atoms with Gasteiger partial charge in [-0.2, -0.15) is 0 Å². The third-order valence-corrected chi connectivity index (χ3v) is 5.61. The molecule has 0 spiro atoms. The number of carbonyl (C=O) groups excluding carboxylic acids is 2. The van der Waals surface area contributed by atoms with Crippen LogP contribution in [0.15, 0.2) is 54.6 Å². The lowest BCUT2D eigenvalue weighted by atomic mass is 9.93. The largest absolute Gasteiger partial charge is 0.497 e. The van der Waals surface area contributed by atoms with Crippen LogP contribution in [0.5, 0.6) is 5.75 Å². The van der Waals surface area contributed by atoms with Gasteiger partial charge in [0.1, 0.15) is 5.75 Å². The van der Waals surface area contributed by atoms with Crippen LogP contribution in [0.1, 0.15) is 40.9 Å². The highest BCUT2D eigenvalue weighted by Crippen LogP contribution is 2.36. The van der Waals surface area contributed by atoms with Crippen LogP contribution in [0.4, 0.5) is 0 Å². The zero-order valence-corrected chi connectivity index (χ0v) is 19.3. The monoisotopic (exact) mass is 469 g/mol. The Balaban J connectivity index is 2.12. The van der Waals surface area contributed by atoms with E-state index in [1.54, 1.807) is 62.4 Å². The molecule has 1 aromatic heterocycles. The van der Waals surface area contributed by atoms with Crippen LogP contribution >= 0.6 is 11.6 Å². The zero-order chi connectivity index (χ0) is 24.1. The minimum absolute atomic E-state index is 0.0466. The van der Waals surface area contributed by atoms with Crippen molar-refractivity contribution in [3.63, 3.8) is 0 Å². The van der Waals surface area contributed by atoms with E-state index in [0.29, 0.717) is 38.5 Å². The minimum atomic E-state index is -1.08. The number of hydrogen-bond acceptors (Lipinski definition) is 5. The Hall–Kier alpha value is -3.58. The van der Waals surface area contributed by atoms with Crippen molar-refractivity contribution in [3.8, 4) is 5.75 Å². The number of hydrogen-bond donors (Lipinski definition) is 1. The number of esters is 1. The number of ether oxygens (including phenoxy) is 2. The number of methoxy groups -OCH3 is 1. The summed E-state index contributed by atoms with van der Waals surface area (Å²) in [6.07, 6.45) is 2.86. The number of carboxylic acids is 1. The fraction of sp³-hybridized carbons (Fsp3) is 0.240.